The maximum atomic E-state index is 6.26. The van der Waals surface area contributed by atoms with Gasteiger partial charge < -0.3 is 15.0 Å². The highest BCUT2D eigenvalue weighted by atomic mass is 79.9. The lowest BCUT2D eigenvalue weighted by Gasteiger charge is -2.08. The summed E-state index contributed by atoms with van der Waals surface area (Å²) < 4.78 is 8.22. The molecule has 2 N–H and O–H groups in total. The van der Waals surface area contributed by atoms with Crippen molar-refractivity contribution < 1.29 is 4.74 Å². The van der Waals surface area contributed by atoms with Crippen LogP contribution in [0.1, 0.15) is 32.5 Å². The fraction of sp³-hybridized carbons (Fsp3) is 0.400. The van der Waals surface area contributed by atoms with Crippen molar-refractivity contribution >= 4 is 21.7 Å². The summed E-state index contributed by atoms with van der Waals surface area (Å²) in [6.07, 6.45) is 0. The number of nitrogens with two attached hydrogens (primary N) is 1. The summed E-state index contributed by atoms with van der Waals surface area (Å²) in [5.41, 5.74) is 8.08. The van der Waals surface area contributed by atoms with Crippen LogP contribution in [0.4, 0.5) is 5.82 Å². The number of hydrogen-bond acceptors (Lipinski definition) is 3. The van der Waals surface area contributed by atoms with Gasteiger partial charge in [-0.1, -0.05) is 13.8 Å². The Labute approximate surface area is 128 Å². The van der Waals surface area contributed by atoms with Crippen LogP contribution < -0.4 is 10.5 Å². The lowest BCUT2D eigenvalue weighted by atomic mass is 10.1. The van der Waals surface area contributed by atoms with E-state index in [1.165, 1.54) is 0 Å². The van der Waals surface area contributed by atoms with Crippen LogP contribution in [0.25, 0.3) is 11.3 Å². The number of imidazole rings is 1. The van der Waals surface area contributed by atoms with Crippen molar-refractivity contribution in [1.29, 1.82) is 0 Å². The molecule has 0 radical (unpaired) electrons. The summed E-state index contributed by atoms with van der Waals surface area (Å²) in [4.78, 5) is 4.72. The monoisotopic (exact) mass is 337 g/mol. The third kappa shape index (κ3) is 2.54. The minimum Gasteiger partial charge on any atom is -0.496 e. The molecule has 0 saturated carbocycles. The molecule has 108 valence electrons. The minimum absolute atomic E-state index is 0.340. The Morgan fingerprint density at radius 2 is 2.10 bits per heavy atom. The summed E-state index contributed by atoms with van der Waals surface area (Å²) in [6.45, 7) is 7.16. The molecule has 1 heterocycles. The number of nitrogens with zero attached hydrogens (tertiary/aromatic N) is 2. The molecule has 20 heavy (non-hydrogen) atoms. The van der Waals surface area contributed by atoms with Crippen molar-refractivity contribution in [3.63, 3.8) is 0 Å². The van der Waals surface area contributed by atoms with E-state index in [9.17, 15) is 0 Å². The van der Waals surface area contributed by atoms with Gasteiger partial charge >= 0.3 is 0 Å². The quantitative estimate of drug-likeness (QED) is 0.915. The number of benzene rings is 1. The molecular formula is C15H20BrN3O. The SMILES string of the molecule is CCn1c(C(C)C)nc(-c2ccc(OC)c(Br)c2)c1N. The topological polar surface area (TPSA) is 53.1 Å². The number of methoxy groups -OCH3 is 1. The zero-order chi connectivity index (χ0) is 14.9. The first-order valence-electron chi connectivity index (χ1n) is 6.69. The second-order valence-electron chi connectivity index (χ2n) is 4.95. The first kappa shape index (κ1) is 14.9. The number of nitrogen functional groups attached to an aromatic ring is 1. The van der Waals surface area contributed by atoms with Gasteiger partial charge in [0.15, 0.2) is 0 Å². The second kappa shape index (κ2) is 5.87. The van der Waals surface area contributed by atoms with Gasteiger partial charge in [-0.25, -0.2) is 4.98 Å². The number of ether oxygens (including phenoxy) is 1. The highest BCUT2D eigenvalue weighted by molar-refractivity contribution is 9.10. The average molecular weight is 338 g/mol. The summed E-state index contributed by atoms with van der Waals surface area (Å²) in [5, 5.41) is 0. The van der Waals surface area contributed by atoms with E-state index >= 15 is 0 Å². The molecule has 0 bridgehead atoms. The number of rotatable bonds is 4. The van der Waals surface area contributed by atoms with Gasteiger partial charge in [-0.3, -0.25) is 0 Å². The molecule has 0 aliphatic rings. The normalized spacial score (nSPS) is 11.1. The summed E-state index contributed by atoms with van der Waals surface area (Å²) >= 11 is 3.50. The van der Waals surface area contributed by atoms with Crippen LogP contribution in [0.3, 0.4) is 0 Å². The average Bonchev–Trinajstić information content (AvgIpc) is 2.75. The number of anilines is 1. The first-order chi connectivity index (χ1) is 9.49. The van der Waals surface area contributed by atoms with Gasteiger partial charge in [0, 0.05) is 18.0 Å². The molecule has 4 nitrogen and oxygen atoms in total. The second-order valence-corrected chi connectivity index (χ2v) is 5.81. The van der Waals surface area contributed by atoms with E-state index < -0.39 is 0 Å². The maximum absolute atomic E-state index is 6.26. The van der Waals surface area contributed by atoms with Crippen LogP contribution in [-0.4, -0.2) is 16.7 Å². The smallest absolute Gasteiger partial charge is 0.133 e. The van der Waals surface area contributed by atoms with E-state index in [1.54, 1.807) is 7.11 Å². The molecule has 1 aromatic heterocycles. The Morgan fingerprint density at radius 3 is 2.55 bits per heavy atom. The molecule has 0 aliphatic heterocycles. The van der Waals surface area contributed by atoms with Crippen molar-refractivity contribution in [3.8, 4) is 17.0 Å². The van der Waals surface area contributed by atoms with E-state index in [4.69, 9.17) is 15.5 Å². The fourth-order valence-corrected chi connectivity index (χ4v) is 2.82. The molecule has 1 aromatic carbocycles. The van der Waals surface area contributed by atoms with E-state index in [-0.39, 0.29) is 0 Å². The van der Waals surface area contributed by atoms with Crippen molar-refractivity contribution in [2.45, 2.75) is 33.2 Å². The molecule has 0 aliphatic carbocycles. The lowest BCUT2D eigenvalue weighted by molar-refractivity contribution is 0.412. The van der Waals surface area contributed by atoms with Gasteiger partial charge in [-0.05, 0) is 41.1 Å². The van der Waals surface area contributed by atoms with Gasteiger partial charge in [0.05, 0.1) is 11.6 Å². The molecule has 0 saturated heterocycles. The van der Waals surface area contributed by atoms with Crippen LogP contribution in [0.2, 0.25) is 0 Å². The van der Waals surface area contributed by atoms with Crippen molar-refractivity contribution in [2.24, 2.45) is 0 Å². The lowest BCUT2D eigenvalue weighted by Crippen LogP contribution is -2.06. The van der Waals surface area contributed by atoms with E-state index in [1.807, 2.05) is 18.2 Å². The van der Waals surface area contributed by atoms with Crippen LogP contribution >= 0.6 is 15.9 Å². The predicted octanol–water partition coefficient (Wildman–Crippen LogP) is 4.05. The van der Waals surface area contributed by atoms with Gasteiger partial charge in [0.25, 0.3) is 0 Å². The van der Waals surface area contributed by atoms with Crippen LogP contribution in [0.15, 0.2) is 22.7 Å². The Hall–Kier alpha value is -1.49. The maximum Gasteiger partial charge on any atom is 0.133 e. The van der Waals surface area contributed by atoms with Crippen LogP contribution in [0.5, 0.6) is 5.75 Å². The van der Waals surface area contributed by atoms with Crippen LogP contribution in [-0.2, 0) is 6.54 Å². The van der Waals surface area contributed by atoms with Crippen molar-refractivity contribution in [2.75, 3.05) is 12.8 Å². The van der Waals surface area contributed by atoms with Gasteiger partial charge in [-0.15, -0.1) is 0 Å². The summed E-state index contributed by atoms with van der Waals surface area (Å²) in [6, 6.07) is 5.88. The molecule has 0 fully saturated rings. The van der Waals surface area contributed by atoms with Gasteiger partial charge in [0.2, 0.25) is 0 Å². The van der Waals surface area contributed by atoms with Crippen molar-refractivity contribution in [3.05, 3.63) is 28.5 Å². The standard InChI is InChI=1S/C15H20BrN3O/c1-5-19-14(17)13(18-15(19)9(2)3)10-6-7-12(20-4)11(16)8-10/h6-9H,5,17H2,1-4H3. The van der Waals surface area contributed by atoms with Crippen molar-refractivity contribution in [1.82, 2.24) is 9.55 Å². The van der Waals surface area contributed by atoms with Gasteiger partial charge in [-0.2, -0.15) is 0 Å². The predicted molar refractivity (Wildman–Crippen MR) is 86.1 cm³/mol. The molecule has 2 aromatic rings. The molecule has 2 rings (SSSR count). The Morgan fingerprint density at radius 1 is 1.40 bits per heavy atom. The van der Waals surface area contributed by atoms with E-state index in [0.29, 0.717) is 11.7 Å². The third-order valence-electron chi connectivity index (χ3n) is 3.29. The molecule has 0 atom stereocenters. The van der Waals surface area contributed by atoms with E-state index in [2.05, 4.69) is 41.3 Å². The zero-order valence-electron chi connectivity index (χ0n) is 12.3. The van der Waals surface area contributed by atoms with Gasteiger partial charge in [0.1, 0.15) is 23.1 Å². The molecular weight excluding hydrogens is 318 g/mol. The highest BCUT2D eigenvalue weighted by Crippen LogP contribution is 2.34. The Kier molecular flexibility index (Phi) is 4.38. The Balaban J connectivity index is 2.55. The summed E-state index contributed by atoms with van der Waals surface area (Å²) in [5.74, 6) is 2.87. The first-order valence-corrected chi connectivity index (χ1v) is 7.48. The molecule has 0 unspecified atom stereocenters. The molecule has 0 amide bonds. The molecule has 0 spiro atoms. The van der Waals surface area contributed by atoms with E-state index in [0.717, 1.165) is 33.8 Å². The fourth-order valence-electron chi connectivity index (χ4n) is 2.28. The zero-order valence-corrected chi connectivity index (χ0v) is 13.9. The Bertz CT molecular complexity index is 620. The minimum atomic E-state index is 0.340. The largest absolute Gasteiger partial charge is 0.496 e. The number of aromatic nitrogens is 2. The highest BCUT2D eigenvalue weighted by Gasteiger charge is 2.18. The number of halogens is 1. The third-order valence-corrected chi connectivity index (χ3v) is 3.91. The van der Waals surface area contributed by atoms with Crippen LogP contribution in [0, 0.1) is 0 Å². The number of hydrogen-bond donors (Lipinski definition) is 1. The molecule has 5 heteroatoms. The summed E-state index contributed by atoms with van der Waals surface area (Å²) in [7, 11) is 1.65.